The van der Waals surface area contributed by atoms with Crippen LogP contribution in [0.1, 0.15) is 11.4 Å². The third kappa shape index (κ3) is 2.41. The van der Waals surface area contributed by atoms with E-state index in [1.807, 2.05) is 42.1 Å². The number of hydrogen-bond acceptors (Lipinski definition) is 3. The molecule has 1 aromatic carbocycles. The quantitative estimate of drug-likeness (QED) is 0.843. The van der Waals surface area contributed by atoms with Crippen molar-refractivity contribution >= 4 is 0 Å². The second-order valence-electron chi connectivity index (χ2n) is 3.59. The number of nitrogens with zero attached hydrogens (tertiary/aromatic N) is 2. The summed E-state index contributed by atoms with van der Waals surface area (Å²) in [7, 11) is 1.95. The van der Waals surface area contributed by atoms with Gasteiger partial charge < -0.3 is 15.0 Å². The lowest BCUT2D eigenvalue weighted by molar-refractivity contribution is 0.291. The molecule has 4 nitrogen and oxygen atoms in total. The molecule has 0 aliphatic rings. The molecule has 1 aromatic heterocycles. The van der Waals surface area contributed by atoms with Crippen LogP contribution in [-0.2, 0) is 20.2 Å². The van der Waals surface area contributed by atoms with Crippen LogP contribution in [0.25, 0.3) is 0 Å². The normalized spacial score (nSPS) is 10.4. The number of hydrogen-bond donors (Lipinski definition) is 1. The molecule has 0 bridgehead atoms. The Morgan fingerprint density at radius 1 is 1.31 bits per heavy atom. The summed E-state index contributed by atoms with van der Waals surface area (Å²) in [6.45, 7) is 1.03. The molecule has 0 aliphatic carbocycles. The van der Waals surface area contributed by atoms with E-state index in [4.69, 9.17) is 10.5 Å². The molecule has 2 N–H and O–H groups in total. The lowest BCUT2D eigenvalue weighted by atomic mass is 10.2. The van der Waals surface area contributed by atoms with Gasteiger partial charge in [-0.25, -0.2) is 4.98 Å². The smallest absolute Gasteiger partial charge is 0.146 e. The van der Waals surface area contributed by atoms with Crippen molar-refractivity contribution in [2.75, 3.05) is 0 Å². The van der Waals surface area contributed by atoms with E-state index in [0.29, 0.717) is 13.2 Å². The molecule has 0 atom stereocenters. The fraction of sp³-hybridized carbons (Fsp3) is 0.250. The van der Waals surface area contributed by atoms with Gasteiger partial charge in [0, 0.05) is 26.0 Å². The molecular formula is C12H15N3O. The number of benzene rings is 1. The van der Waals surface area contributed by atoms with Gasteiger partial charge in [0.15, 0.2) is 0 Å². The highest BCUT2D eigenvalue weighted by Crippen LogP contribution is 2.13. The maximum Gasteiger partial charge on any atom is 0.146 e. The molecule has 84 valence electrons. The third-order valence-corrected chi connectivity index (χ3v) is 2.45. The topological polar surface area (TPSA) is 53.1 Å². The first-order chi connectivity index (χ1) is 7.79. The highest BCUT2D eigenvalue weighted by molar-refractivity contribution is 5.27. The van der Waals surface area contributed by atoms with E-state index in [-0.39, 0.29) is 0 Å². The number of imidazole rings is 1. The van der Waals surface area contributed by atoms with E-state index >= 15 is 0 Å². The minimum Gasteiger partial charge on any atom is -0.486 e. The Morgan fingerprint density at radius 2 is 2.06 bits per heavy atom. The van der Waals surface area contributed by atoms with E-state index in [1.165, 1.54) is 0 Å². The second-order valence-corrected chi connectivity index (χ2v) is 3.59. The van der Waals surface area contributed by atoms with Crippen LogP contribution in [0, 0.1) is 0 Å². The average molecular weight is 217 g/mol. The molecule has 2 rings (SSSR count). The first-order valence-corrected chi connectivity index (χ1v) is 5.17. The van der Waals surface area contributed by atoms with Crippen LogP contribution in [0.5, 0.6) is 5.75 Å². The lowest BCUT2D eigenvalue weighted by Crippen LogP contribution is -2.03. The Balaban J connectivity index is 1.97. The van der Waals surface area contributed by atoms with E-state index in [2.05, 4.69) is 4.98 Å². The molecule has 0 radical (unpaired) electrons. The van der Waals surface area contributed by atoms with Gasteiger partial charge in [0.05, 0.1) is 0 Å². The summed E-state index contributed by atoms with van der Waals surface area (Å²) >= 11 is 0. The highest BCUT2D eigenvalue weighted by Gasteiger charge is 2.00. The zero-order valence-corrected chi connectivity index (χ0v) is 9.26. The number of aryl methyl sites for hydroxylation is 1. The Bertz CT molecular complexity index is 448. The minimum absolute atomic E-state index is 0.478. The average Bonchev–Trinajstić information content (AvgIpc) is 2.73. The zero-order valence-electron chi connectivity index (χ0n) is 9.26. The van der Waals surface area contributed by atoms with Crippen LogP contribution in [0.3, 0.4) is 0 Å². The first kappa shape index (κ1) is 10.7. The van der Waals surface area contributed by atoms with Gasteiger partial charge in [-0.15, -0.1) is 0 Å². The van der Waals surface area contributed by atoms with Crippen LogP contribution in [0.4, 0.5) is 0 Å². The van der Waals surface area contributed by atoms with Crippen molar-refractivity contribution < 1.29 is 4.74 Å². The SMILES string of the molecule is Cn1ccnc1COc1ccc(CN)cc1. The monoisotopic (exact) mass is 217 g/mol. The third-order valence-electron chi connectivity index (χ3n) is 2.45. The van der Waals surface area contributed by atoms with Crippen LogP contribution in [0.15, 0.2) is 36.7 Å². The summed E-state index contributed by atoms with van der Waals surface area (Å²) in [4.78, 5) is 4.18. The molecular weight excluding hydrogens is 202 g/mol. The van der Waals surface area contributed by atoms with E-state index in [9.17, 15) is 0 Å². The molecule has 0 amide bonds. The molecule has 0 saturated carbocycles. The molecule has 0 aliphatic heterocycles. The maximum absolute atomic E-state index is 5.61. The van der Waals surface area contributed by atoms with Crippen molar-refractivity contribution in [3.05, 3.63) is 48.0 Å². The largest absolute Gasteiger partial charge is 0.486 e. The number of ether oxygens (including phenoxy) is 1. The summed E-state index contributed by atoms with van der Waals surface area (Å²) in [6.07, 6.45) is 3.66. The van der Waals surface area contributed by atoms with Gasteiger partial charge in [0.1, 0.15) is 18.2 Å². The van der Waals surface area contributed by atoms with Gasteiger partial charge in [-0.3, -0.25) is 0 Å². The highest BCUT2D eigenvalue weighted by atomic mass is 16.5. The summed E-state index contributed by atoms with van der Waals surface area (Å²) < 4.78 is 7.55. The van der Waals surface area contributed by atoms with Crippen LogP contribution in [-0.4, -0.2) is 9.55 Å². The van der Waals surface area contributed by atoms with E-state index in [1.54, 1.807) is 6.20 Å². The lowest BCUT2D eigenvalue weighted by Gasteiger charge is -2.06. The van der Waals surface area contributed by atoms with E-state index < -0.39 is 0 Å². The summed E-state index contributed by atoms with van der Waals surface area (Å²) in [6, 6.07) is 7.78. The van der Waals surface area contributed by atoms with Gasteiger partial charge in [-0.1, -0.05) is 12.1 Å². The number of aromatic nitrogens is 2. The zero-order chi connectivity index (χ0) is 11.4. The maximum atomic E-state index is 5.61. The van der Waals surface area contributed by atoms with E-state index in [0.717, 1.165) is 17.1 Å². The molecule has 0 fully saturated rings. The van der Waals surface area contributed by atoms with Gasteiger partial charge in [0.2, 0.25) is 0 Å². The van der Waals surface area contributed by atoms with Crippen molar-refractivity contribution in [3.8, 4) is 5.75 Å². The predicted octanol–water partition coefficient (Wildman–Crippen LogP) is 1.46. The van der Waals surface area contributed by atoms with Crippen LogP contribution in [0.2, 0.25) is 0 Å². The molecule has 1 heterocycles. The second kappa shape index (κ2) is 4.81. The molecule has 0 spiro atoms. The first-order valence-electron chi connectivity index (χ1n) is 5.17. The summed E-state index contributed by atoms with van der Waals surface area (Å²) in [5.41, 5.74) is 6.62. The van der Waals surface area contributed by atoms with Gasteiger partial charge in [-0.2, -0.15) is 0 Å². The minimum atomic E-state index is 0.478. The van der Waals surface area contributed by atoms with Crippen LogP contribution >= 0.6 is 0 Å². The molecule has 16 heavy (non-hydrogen) atoms. The van der Waals surface area contributed by atoms with Crippen molar-refractivity contribution in [2.45, 2.75) is 13.2 Å². The fourth-order valence-electron chi connectivity index (χ4n) is 1.41. The molecule has 0 unspecified atom stereocenters. The Hall–Kier alpha value is -1.81. The van der Waals surface area contributed by atoms with Gasteiger partial charge in [0.25, 0.3) is 0 Å². The Morgan fingerprint density at radius 3 is 2.62 bits per heavy atom. The standard InChI is InChI=1S/C12H15N3O/c1-15-7-6-14-12(15)9-16-11-4-2-10(8-13)3-5-11/h2-7H,8-9,13H2,1H3. The van der Waals surface area contributed by atoms with Crippen molar-refractivity contribution in [1.82, 2.24) is 9.55 Å². The van der Waals surface area contributed by atoms with Gasteiger partial charge >= 0.3 is 0 Å². The number of nitrogens with two attached hydrogens (primary N) is 1. The summed E-state index contributed by atoms with van der Waals surface area (Å²) in [5.74, 6) is 1.74. The van der Waals surface area contributed by atoms with Crippen molar-refractivity contribution in [1.29, 1.82) is 0 Å². The molecule has 2 aromatic rings. The Labute approximate surface area is 94.7 Å². The van der Waals surface area contributed by atoms with Crippen molar-refractivity contribution in [2.24, 2.45) is 12.8 Å². The number of rotatable bonds is 4. The van der Waals surface area contributed by atoms with Gasteiger partial charge in [-0.05, 0) is 17.7 Å². The summed E-state index contributed by atoms with van der Waals surface area (Å²) in [5, 5.41) is 0. The fourth-order valence-corrected chi connectivity index (χ4v) is 1.41. The molecule has 0 saturated heterocycles. The Kier molecular flexibility index (Phi) is 3.22. The van der Waals surface area contributed by atoms with Crippen LogP contribution < -0.4 is 10.5 Å². The molecule has 4 heteroatoms. The van der Waals surface area contributed by atoms with Crippen molar-refractivity contribution in [3.63, 3.8) is 0 Å². The predicted molar refractivity (Wildman–Crippen MR) is 61.9 cm³/mol.